The van der Waals surface area contributed by atoms with E-state index < -0.39 is 0 Å². The number of imide groups is 1. The molecule has 0 unspecified atom stereocenters. The van der Waals surface area contributed by atoms with Gasteiger partial charge in [0.1, 0.15) is 0 Å². The first-order chi connectivity index (χ1) is 13.4. The Morgan fingerprint density at radius 2 is 1.64 bits per heavy atom. The number of nitrogens with zero attached hydrogens (tertiary/aromatic N) is 1. The van der Waals surface area contributed by atoms with E-state index in [0.29, 0.717) is 30.0 Å². The Kier molecular flexibility index (Phi) is 5.78. The van der Waals surface area contributed by atoms with Crippen molar-refractivity contribution < 1.29 is 14.4 Å². The van der Waals surface area contributed by atoms with Gasteiger partial charge in [-0.25, -0.2) is 4.79 Å². The molecule has 6 nitrogen and oxygen atoms in total. The van der Waals surface area contributed by atoms with Crippen LogP contribution in [0, 0.1) is 6.92 Å². The van der Waals surface area contributed by atoms with Crippen LogP contribution in [0.15, 0.2) is 42.5 Å². The molecular weight excluding hydrogens is 354 g/mol. The third kappa shape index (κ3) is 3.91. The van der Waals surface area contributed by atoms with Gasteiger partial charge in [0.25, 0.3) is 11.8 Å². The van der Waals surface area contributed by atoms with Crippen LogP contribution in [0.5, 0.6) is 0 Å². The van der Waals surface area contributed by atoms with E-state index in [4.69, 9.17) is 0 Å². The highest BCUT2D eigenvalue weighted by Crippen LogP contribution is 2.27. The zero-order chi connectivity index (χ0) is 20.3. The molecule has 28 heavy (non-hydrogen) atoms. The third-order valence-electron chi connectivity index (χ3n) is 4.89. The summed E-state index contributed by atoms with van der Waals surface area (Å²) in [4.78, 5) is 38.2. The zero-order valence-electron chi connectivity index (χ0n) is 16.4. The van der Waals surface area contributed by atoms with Gasteiger partial charge in [-0.05, 0) is 42.5 Å². The molecule has 0 spiro atoms. The maximum atomic E-state index is 12.3. The van der Waals surface area contributed by atoms with Crippen LogP contribution in [-0.2, 0) is 0 Å². The first-order valence-corrected chi connectivity index (χ1v) is 9.49. The van der Waals surface area contributed by atoms with Crippen molar-refractivity contribution in [3.63, 3.8) is 0 Å². The predicted molar refractivity (Wildman–Crippen MR) is 109 cm³/mol. The molecule has 2 aromatic carbocycles. The minimum absolute atomic E-state index is 0.272. The molecule has 1 aliphatic rings. The summed E-state index contributed by atoms with van der Waals surface area (Å²) in [5, 5.41) is 5.72. The number of anilines is 1. The fraction of sp³-hybridized carbons (Fsp3) is 0.318. The molecule has 3 rings (SSSR count). The van der Waals surface area contributed by atoms with E-state index in [2.05, 4.69) is 24.5 Å². The fourth-order valence-corrected chi connectivity index (χ4v) is 3.38. The molecule has 0 radical (unpaired) electrons. The van der Waals surface area contributed by atoms with Gasteiger partial charge in [0.15, 0.2) is 0 Å². The number of amides is 4. The van der Waals surface area contributed by atoms with Crippen molar-refractivity contribution in [3.8, 4) is 0 Å². The monoisotopic (exact) mass is 379 g/mol. The lowest BCUT2D eigenvalue weighted by Crippen LogP contribution is -2.35. The molecular formula is C22H25N3O3. The SMILES string of the molecule is Cc1cccc(C(C)C)c1NC(=O)NCCCN1C(=O)c2ccccc2C1=O. The van der Waals surface area contributed by atoms with Crippen molar-refractivity contribution in [2.75, 3.05) is 18.4 Å². The van der Waals surface area contributed by atoms with E-state index in [9.17, 15) is 14.4 Å². The highest BCUT2D eigenvalue weighted by atomic mass is 16.2. The lowest BCUT2D eigenvalue weighted by molar-refractivity contribution is 0.0653. The second-order valence-electron chi connectivity index (χ2n) is 7.24. The number of hydrogen-bond acceptors (Lipinski definition) is 3. The molecule has 0 saturated heterocycles. The Morgan fingerprint density at radius 1 is 1.00 bits per heavy atom. The average molecular weight is 379 g/mol. The van der Waals surface area contributed by atoms with Crippen LogP contribution in [0.2, 0.25) is 0 Å². The molecule has 0 fully saturated rings. The number of nitrogens with one attached hydrogen (secondary N) is 2. The molecule has 6 heteroatoms. The number of benzene rings is 2. The van der Waals surface area contributed by atoms with Crippen LogP contribution >= 0.6 is 0 Å². The largest absolute Gasteiger partial charge is 0.338 e. The van der Waals surface area contributed by atoms with E-state index in [1.807, 2.05) is 25.1 Å². The summed E-state index contributed by atoms with van der Waals surface area (Å²) in [5.74, 6) is -0.248. The van der Waals surface area contributed by atoms with Gasteiger partial charge < -0.3 is 10.6 Å². The van der Waals surface area contributed by atoms with Gasteiger partial charge in [-0.1, -0.05) is 44.2 Å². The van der Waals surface area contributed by atoms with Crippen LogP contribution < -0.4 is 10.6 Å². The Labute approximate surface area is 164 Å². The smallest absolute Gasteiger partial charge is 0.319 e. The van der Waals surface area contributed by atoms with Crippen LogP contribution in [0.1, 0.15) is 58.0 Å². The first-order valence-electron chi connectivity index (χ1n) is 9.49. The van der Waals surface area contributed by atoms with Crippen molar-refractivity contribution in [1.29, 1.82) is 0 Å². The lowest BCUT2D eigenvalue weighted by Gasteiger charge is -2.17. The Bertz CT molecular complexity index is 886. The Balaban J connectivity index is 1.51. The number of aryl methyl sites for hydroxylation is 1. The molecule has 0 bridgehead atoms. The summed E-state index contributed by atoms with van der Waals surface area (Å²) in [6.07, 6.45) is 0.490. The van der Waals surface area contributed by atoms with Crippen LogP contribution in [0.25, 0.3) is 0 Å². The molecule has 146 valence electrons. The van der Waals surface area contributed by atoms with Crippen molar-refractivity contribution >= 4 is 23.5 Å². The zero-order valence-corrected chi connectivity index (χ0v) is 16.4. The molecule has 1 heterocycles. The van der Waals surface area contributed by atoms with Gasteiger partial charge in [0.05, 0.1) is 11.1 Å². The first kappa shape index (κ1) is 19.6. The summed E-state index contributed by atoms with van der Waals surface area (Å²) in [5.41, 5.74) is 3.81. The molecule has 2 N–H and O–H groups in total. The summed E-state index contributed by atoms with van der Waals surface area (Å²) in [6.45, 7) is 6.76. The molecule has 0 aromatic heterocycles. The van der Waals surface area contributed by atoms with Crippen molar-refractivity contribution in [2.24, 2.45) is 0 Å². The van der Waals surface area contributed by atoms with Crippen LogP contribution in [0.3, 0.4) is 0 Å². The summed E-state index contributed by atoms with van der Waals surface area (Å²) in [6, 6.07) is 12.5. The molecule has 1 aliphatic heterocycles. The molecule has 4 amide bonds. The molecule has 2 aromatic rings. The van der Waals surface area contributed by atoms with Gasteiger partial charge in [-0.3, -0.25) is 14.5 Å². The summed E-state index contributed by atoms with van der Waals surface area (Å²) < 4.78 is 0. The van der Waals surface area contributed by atoms with Gasteiger partial charge in [0, 0.05) is 18.8 Å². The van der Waals surface area contributed by atoms with E-state index in [-0.39, 0.29) is 24.4 Å². The summed E-state index contributed by atoms with van der Waals surface area (Å²) >= 11 is 0. The molecule has 0 aliphatic carbocycles. The normalized spacial score (nSPS) is 13.1. The second kappa shape index (κ2) is 8.25. The Morgan fingerprint density at radius 3 is 2.25 bits per heavy atom. The van der Waals surface area contributed by atoms with Gasteiger partial charge in [0.2, 0.25) is 0 Å². The molecule has 0 saturated carbocycles. The number of carbonyl (C=O) groups is 3. The number of urea groups is 1. The summed E-state index contributed by atoms with van der Waals surface area (Å²) in [7, 11) is 0. The predicted octanol–water partition coefficient (Wildman–Crippen LogP) is 3.93. The quantitative estimate of drug-likeness (QED) is 0.590. The fourth-order valence-electron chi connectivity index (χ4n) is 3.38. The maximum absolute atomic E-state index is 12.3. The van der Waals surface area contributed by atoms with Gasteiger partial charge >= 0.3 is 6.03 Å². The minimum Gasteiger partial charge on any atom is -0.338 e. The number of carbonyl (C=O) groups excluding carboxylic acids is 3. The van der Waals surface area contributed by atoms with Gasteiger partial charge in [-0.2, -0.15) is 0 Å². The highest BCUT2D eigenvalue weighted by Gasteiger charge is 2.34. The Hall–Kier alpha value is -3.15. The topological polar surface area (TPSA) is 78.5 Å². The minimum atomic E-state index is -0.293. The van der Waals surface area contributed by atoms with Crippen molar-refractivity contribution in [2.45, 2.75) is 33.1 Å². The van der Waals surface area contributed by atoms with Crippen molar-refractivity contribution in [3.05, 3.63) is 64.7 Å². The molecule has 0 atom stereocenters. The number of hydrogen-bond donors (Lipinski definition) is 2. The highest BCUT2D eigenvalue weighted by molar-refractivity contribution is 6.21. The van der Waals surface area contributed by atoms with E-state index in [1.165, 1.54) is 4.90 Å². The second-order valence-corrected chi connectivity index (χ2v) is 7.24. The number of rotatable bonds is 6. The van der Waals surface area contributed by atoms with Gasteiger partial charge in [-0.15, -0.1) is 0 Å². The van der Waals surface area contributed by atoms with E-state index >= 15 is 0 Å². The van der Waals surface area contributed by atoms with Crippen LogP contribution in [-0.4, -0.2) is 35.8 Å². The maximum Gasteiger partial charge on any atom is 0.319 e. The van der Waals surface area contributed by atoms with Crippen LogP contribution in [0.4, 0.5) is 10.5 Å². The standard InChI is InChI=1S/C22H25N3O3/c1-14(2)16-11-6-8-15(3)19(16)24-22(28)23-12-7-13-25-20(26)17-9-4-5-10-18(17)21(25)27/h4-6,8-11,14H,7,12-13H2,1-3H3,(H2,23,24,28). The number of fused-ring (bicyclic) bond motifs is 1. The van der Waals surface area contributed by atoms with E-state index in [0.717, 1.165) is 16.8 Å². The van der Waals surface area contributed by atoms with E-state index in [1.54, 1.807) is 24.3 Å². The third-order valence-corrected chi connectivity index (χ3v) is 4.89. The van der Waals surface area contributed by atoms with Crippen molar-refractivity contribution in [1.82, 2.24) is 10.2 Å². The lowest BCUT2D eigenvalue weighted by atomic mass is 9.98. The number of para-hydroxylation sites is 1. The average Bonchev–Trinajstić information content (AvgIpc) is 2.91.